The molecular weight excluding hydrogens is 755 g/mol. The number of ether oxygens (including phenoxy) is 1. The van der Waals surface area contributed by atoms with Crippen LogP contribution in [0.25, 0.3) is 78.7 Å². The molecule has 62 heavy (non-hydrogen) atoms. The summed E-state index contributed by atoms with van der Waals surface area (Å²) in [6.07, 6.45) is 0. The normalized spacial score (nSPS) is 12.8. The van der Waals surface area contributed by atoms with Gasteiger partial charge in [-0.1, -0.05) is 206 Å². The number of nitrogens with zero attached hydrogens (tertiary/aromatic N) is 3. The highest BCUT2D eigenvalue weighted by Crippen LogP contribution is 2.63. The molecule has 0 bridgehead atoms. The van der Waals surface area contributed by atoms with Gasteiger partial charge in [0.25, 0.3) is 0 Å². The fourth-order valence-corrected chi connectivity index (χ4v) is 9.59. The Morgan fingerprint density at radius 3 is 1.21 bits per heavy atom. The lowest BCUT2D eigenvalue weighted by Crippen LogP contribution is -2.32. The van der Waals surface area contributed by atoms with Crippen molar-refractivity contribution in [2.24, 2.45) is 0 Å². The third kappa shape index (κ3) is 5.72. The van der Waals surface area contributed by atoms with Crippen molar-refractivity contribution in [1.29, 1.82) is 0 Å². The van der Waals surface area contributed by atoms with E-state index in [9.17, 15) is 0 Å². The average Bonchev–Trinajstić information content (AvgIpc) is 3.65. The summed E-state index contributed by atoms with van der Waals surface area (Å²) < 4.78 is 6.68. The van der Waals surface area contributed by atoms with Crippen LogP contribution in [0.5, 0.6) is 11.5 Å². The molecule has 0 radical (unpaired) electrons. The number of hydrogen-bond acceptors (Lipinski definition) is 4. The molecule has 1 aliphatic carbocycles. The lowest BCUT2D eigenvalue weighted by atomic mass is 9.66. The maximum Gasteiger partial charge on any atom is 0.164 e. The van der Waals surface area contributed by atoms with Gasteiger partial charge in [0.2, 0.25) is 0 Å². The summed E-state index contributed by atoms with van der Waals surface area (Å²) in [5.41, 5.74) is 16.1. The lowest BCUT2D eigenvalue weighted by Gasteiger charge is -2.39. The second-order valence-electron chi connectivity index (χ2n) is 15.9. The Kier molecular flexibility index (Phi) is 8.36. The zero-order chi connectivity index (χ0) is 41.0. The van der Waals surface area contributed by atoms with Crippen LogP contribution < -0.4 is 4.74 Å². The summed E-state index contributed by atoms with van der Waals surface area (Å²) >= 11 is 0. The minimum Gasteiger partial charge on any atom is -0.457 e. The Labute approximate surface area is 360 Å². The highest BCUT2D eigenvalue weighted by molar-refractivity contribution is 5.97. The molecule has 2 heterocycles. The molecule has 1 aliphatic heterocycles. The molecule has 10 aromatic rings. The summed E-state index contributed by atoms with van der Waals surface area (Å²) in [6.45, 7) is 0. The maximum absolute atomic E-state index is 6.68. The van der Waals surface area contributed by atoms with Crippen LogP contribution in [0.1, 0.15) is 22.3 Å². The summed E-state index contributed by atoms with van der Waals surface area (Å²) in [5.74, 6) is 3.59. The molecule has 0 N–H and O–H groups in total. The number of fused-ring (bicyclic) bond motifs is 9. The van der Waals surface area contributed by atoms with Crippen molar-refractivity contribution in [1.82, 2.24) is 15.0 Å². The molecular formula is C58H37N3O. The van der Waals surface area contributed by atoms with Gasteiger partial charge in [0.05, 0.1) is 5.41 Å². The van der Waals surface area contributed by atoms with E-state index in [1.165, 1.54) is 33.4 Å². The van der Waals surface area contributed by atoms with Gasteiger partial charge in [-0.15, -0.1) is 0 Å². The standard InChI is InChI=1S/C58H37N3O/c1-4-15-38(16-5-1)39-27-29-40(30-28-39)41-31-33-42(34-32-41)45-35-36-48-47(37-45)54-46(57-60-55(43-17-6-2-7-18-43)59-56(61-57)44-19-8-3-9-20-44)21-14-24-51(54)58(48)49-22-10-12-25-52(49)62-53-26-13-11-23-50(53)58/h1-37H. The first kappa shape index (κ1) is 35.7. The van der Waals surface area contributed by atoms with Crippen molar-refractivity contribution in [3.63, 3.8) is 0 Å². The van der Waals surface area contributed by atoms with Crippen LogP contribution in [0.2, 0.25) is 0 Å². The van der Waals surface area contributed by atoms with Crippen molar-refractivity contribution < 1.29 is 4.74 Å². The van der Waals surface area contributed by atoms with Gasteiger partial charge in [0.15, 0.2) is 17.5 Å². The van der Waals surface area contributed by atoms with E-state index in [2.05, 4.69) is 188 Å². The Morgan fingerprint density at radius 1 is 0.274 bits per heavy atom. The minimum atomic E-state index is -0.655. The van der Waals surface area contributed by atoms with Crippen molar-refractivity contribution in [3.8, 4) is 90.2 Å². The molecule has 0 fully saturated rings. The molecule has 0 saturated carbocycles. The van der Waals surface area contributed by atoms with Crippen LogP contribution in [0.15, 0.2) is 224 Å². The Morgan fingerprint density at radius 2 is 0.677 bits per heavy atom. The molecule has 4 nitrogen and oxygen atoms in total. The van der Waals surface area contributed by atoms with Gasteiger partial charge in [0, 0.05) is 27.8 Å². The number of para-hydroxylation sites is 2. The van der Waals surface area contributed by atoms with E-state index in [-0.39, 0.29) is 0 Å². The summed E-state index contributed by atoms with van der Waals surface area (Å²) in [4.78, 5) is 15.6. The Bertz CT molecular complexity index is 3190. The van der Waals surface area contributed by atoms with Gasteiger partial charge in [-0.3, -0.25) is 0 Å². The van der Waals surface area contributed by atoms with Gasteiger partial charge >= 0.3 is 0 Å². The van der Waals surface area contributed by atoms with Gasteiger partial charge in [-0.2, -0.15) is 0 Å². The average molecular weight is 792 g/mol. The predicted octanol–water partition coefficient (Wildman–Crippen LogP) is 14.3. The van der Waals surface area contributed by atoms with Crippen LogP contribution in [-0.2, 0) is 5.41 Å². The zero-order valence-corrected chi connectivity index (χ0v) is 33.6. The minimum absolute atomic E-state index is 0.624. The highest BCUT2D eigenvalue weighted by Gasteiger charge is 2.51. The number of aromatic nitrogens is 3. The van der Waals surface area contributed by atoms with E-state index < -0.39 is 5.41 Å². The van der Waals surface area contributed by atoms with E-state index in [1.807, 2.05) is 36.4 Å². The van der Waals surface area contributed by atoms with E-state index in [0.717, 1.165) is 61.6 Å². The molecule has 1 spiro atoms. The van der Waals surface area contributed by atoms with Gasteiger partial charge in [0.1, 0.15) is 11.5 Å². The van der Waals surface area contributed by atoms with Crippen molar-refractivity contribution in [2.45, 2.75) is 5.41 Å². The Balaban J connectivity index is 1.06. The third-order valence-electron chi connectivity index (χ3n) is 12.4. The summed E-state index contributed by atoms with van der Waals surface area (Å²) in [7, 11) is 0. The van der Waals surface area contributed by atoms with E-state index >= 15 is 0 Å². The van der Waals surface area contributed by atoms with E-state index in [1.54, 1.807) is 0 Å². The largest absolute Gasteiger partial charge is 0.457 e. The SMILES string of the molecule is c1ccc(-c2ccc(-c3ccc(-c4ccc5c(c4)-c4c(-c6nc(-c7ccccc7)nc(-c7ccccc7)n6)cccc4C54c5ccccc5Oc5ccccc54)cc3)cc2)cc1. The molecule has 12 rings (SSSR count). The predicted molar refractivity (Wildman–Crippen MR) is 250 cm³/mol. The smallest absolute Gasteiger partial charge is 0.164 e. The van der Waals surface area contributed by atoms with Crippen molar-refractivity contribution >= 4 is 0 Å². The molecule has 2 aliphatic rings. The topological polar surface area (TPSA) is 47.9 Å². The monoisotopic (exact) mass is 791 g/mol. The molecule has 290 valence electrons. The third-order valence-corrected chi connectivity index (χ3v) is 12.4. The number of hydrogen-bond donors (Lipinski definition) is 0. The quantitative estimate of drug-likeness (QED) is 0.168. The highest BCUT2D eigenvalue weighted by atomic mass is 16.5. The molecule has 0 atom stereocenters. The zero-order valence-electron chi connectivity index (χ0n) is 33.6. The number of rotatable bonds is 6. The number of benzene rings is 9. The maximum atomic E-state index is 6.68. The first-order valence-electron chi connectivity index (χ1n) is 21.0. The first-order chi connectivity index (χ1) is 30.7. The fraction of sp³-hybridized carbons (Fsp3) is 0.0172. The van der Waals surface area contributed by atoms with Gasteiger partial charge in [-0.05, 0) is 73.8 Å². The van der Waals surface area contributed by atoms with Crippen LogP contribution >= 0.6 is 0 Å². The second-order valence-corrected chi connectivity index (χ2v) is 15.9. The Hall–Kier alpha value is -8.21. The first-order valence-corrected chi connectivity index (χ1v) is 21.0. The van der Waals surface area contributed by atoms with Crippen LogP contribution in [0, 0.1) is 0 Å². The van der Waals surface area contributed by atoms with Crippen molar-refractivity contribution in [3.05, 3.63) is 247 Å². The van der Waals surface area contributed by atoms with Gasteiger partial charge < -0.3 is 4.74 Å². The fourth-order valence-electron chi connectivity index (χ4n) is 9.59. The van der Waals surface area contributed by atoms with Crippen molar-refractivity contribution in [2.75, 3.05) is 0 Å². The lowest BCUT2D eigenvalue weighted by molar-refractivity contribution is 0.436. The van der Waals surface area contributed by atoms with Crippen LogP contribution in [0.4, 0.5) is 0 Å². The molecule has 0 unspecified atom stereocenters. The molecule has 0 saturated heterocycles. The van der Waals surface area contributed by atoms with Crippen LogP contribution in [-0.4, -0.2) is 15.0 Å². The van der Waals surface area contributed by atoms with Crippen LogP contribution in [0.3, 0.4) is 0 Å². The molecule has 1 aromatic heterocycles. The summed E-state index contributed by atoms with van der Waals surface area (Å²) in [5, 5.41) is 0. The molecule has 0 amide bonds. The summed E-state index contributed by atoms with van der Waals surface area (Å²) in [6, 6.07) is 79.2. The second kappa shape index (κ2) is 14.5. The van der Waals surface area contributed by atoms with Gasteiger partial charge in [-0.25, -0.2) is 15.0 Å². The molecule has 9 aromatic carbocycles. The van der Waals surface area contributed by atoms with E-state index in [4.69, 9.17) is 19.7 Å². The van der Waals surface area contributed by atoms with E-state index in [0.29, 0.717) is 17.5 Å². The molecule has 4 heteroatoms.